The van der Waals surface area contributed by atoms with Crippen molar-refractivity contribution < 1.29 is 9.90 Å². The molecule has 0 unspecified atom stereocenters. The Bertz CT molecular complexity index is 498. The Morgan fingerprint density at radius 2 is 2.05 bits per heavy atom. The molecule has 106 valence electrons. The summed E-state index contributed by atoms with van der Waals surface area (Å²) in [6.07, 6.45) is 3.22. The molecule has 0 radical (unpaired) electrons. The van der Waals surface area contributed by atoms with Gasteiger partial charge in [0.15, 0.2) is 0 Å². The van der Waals surface area contributed by atoms with Crippen LogP contribution in [0.2, 0.25) is 0 Å². The van der Waals surface area contributed by atoms with Crippen molar-refractivity contribution in [2.24, 2.45) is 0 Å². The van der Waals surface area contributed by atoms with E-state index in [1.807, 2.05) is 24.3 Å². The van der Waals surface area contributed by atoms with E-state index in [9.17, 15) is 4.79 Å². The summed E-state index contributed by atoms with van der Waals surface area (Å²) in [5, 5.41) is 17.2. The van der Waals surface area contributed by atoms with Gasteiger partial charge in [0.1, 0.15) is 0 Å². The van der Waals surface area contributed by atoms with Crippen LogP contribution in [0.1, 0.15) is 31.4 Å². The maximum absolute atomic E-state index is 10.4. The largest absolute Gasteiger partial charge is 0.478 e. The van der Waals surface area contributed by atoms with Gasteiger partial charge in [-0.3, -0.25) is 4.90 Å². The minimum Gasteiger partial charge on any atom is -0.478 e. The number of carbonyl (C=O) groups is 1. The third-order valence-corrected chi connectivity index (χ3v) is 3.02. The molecule has 0 amide bonds. The summed E-state index contributed by atoms with van der Waals surface area (Å²) in [4.78, 5) is 12.7. The molecule has 1 rings (SSSR count). The molecule has 0 saturated carbocycles. The van der Waals surface area contributed by atoms with Gasteiger partial charge in [-0.05, 0) is 31.1 Å². The number of aliphatic carboxylic acids is 1. The molecular formula is C16H20N2O2. The molecule has 0 fully saturated rings. The Hall–Kier alpha value is -2.12. The van der Waals surface area contributed by atoms with E-state index in [4.69, 9.17) is 10.4 Å². The van der Waals surface area contributed by atoms with Gasteiger partial charge in [-0.15, -0.1) is 0 Å². The fraction of sp³-hybridized carbons (Fsp3) is 0.375. The van der Waals surface area contributed by atoms with E-state index in [-0.39, 0.29) is 0 Å². The molecule has 4 heteroatoms. The zero-order valence-corrected chi connectivity index (χ0v) is 11.9. The second-order valence-electron chi connectivity index (χ2n) is 4.89. The smallest absolute Gasteiger partial charge is 0.328 e. The van der Waals surface area contributed by atoms with Crippen LogP contribution in [0.3, 0.4) is 0 Å². The first-order chi connectivity index (χ1) is 9.52. The van der Waals surface area contributed by atoms with Crippen LogP contribution in [0.25, 0.3) is 6.08 Å². The minimum absolute atomic E-state index is 0.384. The van der Waals surface area contributed by atoms with Crippen LogP contribution in [0.5, 0.6) is 0 Å². The molecule has 1 aromatic carbocycles. The Morgan fingerprint density at radius 3 is 2.55 bits per heavy atom. The Morgan fingerprint density at radius 1 is 1.40 bits per heavy atom. The van der Waals surface area contributed by atoms with Crippen LogP contribution in [-0.4, -0.2) is 28.6 Å². The van der Waals surface area contributed by atoms with Crippen LogP contribution in [-0.2, 0) is 11.3 Å². The normalized spacial score (nSPS) is 11.2. The fourth-order valence-corrected chi connectivity index (χ4v) is 1.85. The number of rotatable bonds is 7. The molecule has 4 nitrogen and oxygen atoms in total. The molecule has 0 aliphatic heterocycles. The molecule has 0 heterocycles. The van der Waals surface area contributed by atoms with Crippen LogP contribution in [0.15, 0.2) is 30.3 Å². The molecule has 0 bridgehead atoms. The minimum atomic E-state index is -0.948. The zero-order valence-electron chi connectivity index (χ0n) is 11.9. The summed E-state index contributed by atoms with van der Waals surface area (Å²) >= 11 is 0. The average Bonchev–Trinajstić information content (AvgIpc) is 2.42. The highest BCUT2D eigenvalue weighted by Crippen LogP contribution is 2.11. The first kappa shape index (κ1) is 15.9. The topological polar surface area (TPSA) is 64.3 Å². The second kappa shape index (κ2) is 8.13. The van der Waals surface area contributed by atoms with Gasteiger partial charge in [-0.1, -0.05) is 24.3 Å². The molecule has 0 saturated heterocycles. The number of hydrogen-bond donors (Lipinski definition) is 1. The third kappa shape index (κ3) is 5.68. The lowest BCUT2D eigenvalue weighted by Gasteiger charge is -2.25. The van der Waals surface area contributed by atoms with E-state index >= 15 is 0 Å². The molecular weight excluding hydrogens is 252 g/mol. The predicted octanol–water partition coefficient (Wildman–Crippen LogP) is 2.91. The fourth-order valence-electron chi connectivity index (χ4n) is 1.85. The third-order valence-electron chi connectivity index (χ3n) is 3.02. The SMILES string of the molecule is CC(C)N(CCC#N)Cc1ccc(C=CC(=O)O)cc1. The Kier molecular flexibility index (Phi) is 6.48. The molecule has 0 aliphatic rings. The number of benzene rings is 1. The lowest BCUT2D eigenvalue weighted by Crippen LogP contribution is -2.31. The first-order valence-corrected chi connectivity index (χ1v) is 6.64. The molecule has 1 N–H and O–H groups in total. The van der Waals surface area contributed by atoms with Crippen molar-refractivity contribution in [2.75, 3.05) is 6.54 Å². The highest BCUT2D eigenvalue weighted by Gasteiger charge is 2.09. The first-order valence-electron chi connectivity index (χ1n) is 6.64. The monoisotopic (exact) mass is 272 g/mol. The van der Waals surface area contributed by atoms with E-state index in [1.165, 1.54) is 0 Å². The van der Waals surface area contributed by atoms with E-state index in [1.54, 1.807) is 6.08 Å². The Labute approximate surface area is 119 Å². The summed E-state index contributed by atoms with van der Waals surface area (Å²) in [7, 11) is 0. The highest BCUT2D eigenvalue weighted by atomic mass is 16.4. The van der Waals surface area contributed by atoms with E-state index in [0.29, 0.717) is 12.5 Å². The van der Waals surface area contributed by atoms with Gasteiger partial charge < -0.3 is 5.11 Å². The van der Waals surface area contributed by atoms with Crippen molar-refractivity contribution in [1.29, 1.82) is 5.26 Å². The molecule has 1 aromatic rings. The van der Waals surface area contributed by atoms with Crippen LogP contribution >= 0.6 is 0 Å². The Balaban J connectivity index is 2.68. The van der Waals surface area contributed by atoms with Gasteiger partial charge in [0.25, 0.3) is 0 Å². The molecule has 0 atom stereocenters. The van der Waals surface area contributed by atoms with Crippen LogP contribution in [0, 0.1) is 11.3 Å². The van der Waals surface area contributed by atoms with Gasteiger partial charge in [-0.25, -0.2) is 4.79 Å². The van der Waals surface area contributed by atoms with Crippen molar-refractivity contribution in [3.63, 3.8) is 0 Å². The van der Waals surface area contributed by atoms with Crippen molar-refractivity contribution in [2.45, 2.75) is 32.9 Å². The molecule has 0 aromatic heterocycles. The number of carboxylic acids is 1. The highest BCUT2D eigenvalue weighted by molar-refractivity contribution is 5.85. The number of nitriles is 1. The molecule has 0 aliphatic carbocycles. The number of nitrogens with zero attached hydrogens (tertiary/aromatic N) is 2. The summed E-state index contributed by atoms with van der Waals surface area (Å²) < 4.78 is 0. The predicted molar refractivity (Wildman–Crippen MR) is 78.9 cm³/mol. The van der Waals surface area contributed by atoms with E-state index in [0.717, 1.165) is 30.3 Å². The lowest BCUT2D eigenvalue weighted by molar-refractivity contribution is -0.131. The van der Waals surface area contributed by atoms with E-state index < -0.39 is 5.97 Å². The molecule has 20 heavy (non-hydrogen) atoms. The number of carboxylic acid groups (broad SMARTS) is 1. The van der Waals surface area contributed by atoms with Crippen molar-refractivity contribution >= 4 is 12.0 Å². The van der Waals surface area contributed by atoms with Crippen molar-refractivity contribution in [3.8, 4) is 6.07 Å². The molecule has 0 spiro atoms. The standard InChI is InChI=1S/C16H20N2O2/c1-13(2)18(11-3-10-17)12-15-6-4-14(5-7-15)8-9-16(19)20/h4-9,13H,3,11-12H2,1-2H3,(H,19,20). The van der Waals surface area contributed by atoms with Gasteiger partial charge in [0, 0.05) is 31.6 Å². The summed E-state index contributed by atoms with van der Waals surface area (Å²) in [6, 6.07) is 10.3. The van der Waals surface area contributed by atoms with Gasteiger partial charge in [-0.2, -0.15) is 5.26 Å². The average molecular weight is 272 g/mol. The van der Waals surface area contributed by atoms with Crippen LogP contribution < -0.4 is 0 Å². The van der Waals surface area contributed by atoms with Crippen molar-refractivity contribution in [3.05, 3.63) is 41.5 Å². The summed E-state index contributed by atoms with van der Waals surface area (Å²) in [5.74, 6) is -0.948. The maximum Gasteiger partial charge on any atom is 0.328 e. The summed E-state index contributed by atoms with van der Waals surface area (Å²) in [5.41, 5.74) is 2.02. The van der Waals surface area contributed by atoms with Crippen LogP contribution in [0.4, 0.5) is 0 Å². The summed E-state index contributed by atoms with van der Waals surface area (Å²) in [6.45, 7) is 5.78. The quantitative estimate of drug-likeness (QED) is 0.775. The van der Waals surface area contributed by atoms with E-state index in [2.05, 4.69) is 24.8 Å². The maximum atomic E-state index is 10.4. The van der Waals surface area contributed by atoms with Gasteiger partial charge in [0.05, 0.1) is 6.07 Å². The number of hydrogen-bond acceptors (Lipinski definition) is 3. The van der Waals surface area contributed by atoms with Gasteiger partial charge >= 0.3 is 5.97 Å². The zero-order chi connectivity index (χ0) is 15.0. The lowest BCUT2D eigenvalue weighted by atomic mass is 10.1. The second-order valence-corrected chi connectivity index (χ2v) is 4.89. The van der Waals surface area contributed by atoms with Gasteiger partial charge in [0.2, 0.25) is 0 Å². The van der Waals surface area contributed by atoms with Crippen molar-refractivity contribution in [1.82, 2.24) is 4.90 Å².